The fourth-order valence-electron chi connectivity index (χ4n) is 1.86. The summed E-state index contributed by atoms with van der Waals surface area (Å²) in [6, 6.07) is 8.28. The highest BCUT2D eigenvalue weighted by Gasteiger charge is 2.14. The second kappa shape index (κ2) is 5.25. The van der Waals surface area contributed by atoms with Gasteiger partial charge < -0.3 is 10.2 Å². The van der Waals surface area contributed by atoms with Crippen molar-refractivity contribution >= 4 is 27.6 Å². The first kappa shape index (κ1) is 13.7. The Morgan fingerprint density at radius 1 is 1.14 bits per heavy atom. The number of aromatic nitrogens is 1. The average Bonchev–Trinajstić information content (AvgIpc) is 2.86. The molecule has 108 valence electrons. The van der Waals surface area contributed by atoms with Crippen LogP contribution in [0.15, 0.2) is 46.0 Å². The number of nitrogens with zero attached hydrogens (tertiary/aromatic N) is 1. The number of anilines is 1. The van der Waals surface area contributed by atoms with Gasteiger partial charge in [0.1, 0.15) is 16.3 Å². The van der Waals surface area contributed by atoms with Crippen molar-refractivity contribution in [1.29, 1.82) is 0 Å². The molecule has 3 aromatic rings. The van der Waals surface area contributed by atoms with Crippen LogP contribution in [-0.4, -0.2) is 9.19 Å². The lowest BCUT2D eigenvalue weighted by atomic mass is 10.2. The summed E-state index contributed by atoms with van der Waals surface area (Å²) in [5.41, 5.74) is 7.50. The van der Waals surface area contributed by atoms with Crippen LogP contribution in [0.25, 0.3) is 11.1 Å². The van der Waals surface area contributed by atoms with Gasteiger partial charge >= 0.3 is 0 Å². The first-order valence-electron chi connectivity index (χ1n) is 6.01. The number of oxazole rings is 1. The Bertz CT molecular complexity index is 848. The van der Waals surface area contributed by atoms with E-state index in [1.54, 1.807) is 18.2 Å². The normalized spacial score (nSPS) is 12.7. The van der Waals surface area contributed by atoms with Gasteiger partial charge in [0, 0.05) is 11.8 Å². The SMILES string of the molecule is Nc1ccc2nc(S(=O)Cc3ccc(F)c(F)c3)oc2c1. The van der Waals surface area contributed by atoms with E-state index in [9.17, 15) is 13.0 Å². The van der Waals surface area contributed by atoms with E-state index in [1.807, 2.05) is 0 Å². The van der Waals surface area contributed by atoms with E-state index >= 15 is 0 Å². The highest BCUT2D eigenvalue weighted by molar-refractivity contribution is 7.84. The number of nitrogens with two attached hydrogens (primary N) is 1. The Balaban J connectivity index is 1.87. The van der Waals surface area contributed by atoms with Gasteiger partial charge in [-0.1, -0.05) is 6.07 Å². The van der Waals surface area contributed by atoms with Crippen molar-refractivity contribution in [3.8, 4) is 0 Å². The van der Waals surface area contributed by atoms with E-state index in [1.165, 1.54) is 6.07 Å². The van der Waals surface area contributed by atoms with E-state index in [0.29, 0.717) is 22.4 Å². The Labute approximate surface area is 121 Å². The quantitative estimate of drug-likeness (QED) is 0.755. The monoisotopic (exact) mass is 308 g/mol. The third-order valence-electron chi connectivity index (χ3n) is 2.87. The molecular weight excluding hydrogens is 298 g/mol. The van der Waals surface area contributed by atoms with Gasteiger partial charge in [0.05, 0.1) is 5.75 Å². The molecule has 0 bridgehead atoms. The summed E-state index contributed by atoms with van der Waals surface area (Å²) in [6.07, 6.45) is 0. The van der Waals surface area contributed by atoms with Crippen molar-refractivity contribution in [1.82, 2.24) is 4.98 Å². The first-order valence-corrected chi connectivity index (χ1v) is 7.33. The van der Waals surface area contributed by atoms with Crippen molar-refractivity contribution in [3.05, 3.63) is 53.6 Å². The van der Waals surface area contributed by atoms with Crippen LogP contribution in [-0.2, 0) is 16.6 Å². The first-order chi connectivity index (χ1) is 10.0. The van der Waals surface area contributed by atoms with Gasteiger partial charge in [-0.2, -0.15) is 0 Å². The van der Waals surface area contributed by atoms with Crippen molar-refractivity contribution in [2.75, 3.05) is 5.73 Å². The maximum atomic E-state index is 13.1. The zero-order valence-corrected chi connectivity index (χ0v) is 11.5. The minimum absolute atomic E-state index is 0.0144. The standard InChI is InChI=1S/C14H10F2N2O2S/c15-10-3-1-8(5-11(10)16)7-21(19)14-18-12-4-2-9(17)6-13(12)20-14/h1-6H,7,17H2. The van der Waals surface area contributed by atoms with Crippen molar-refractivity contribution in [2.24, 2.45) is 0 Å². The molecule has 0 aliphatic heterocycles. The van der Waals surface area contributed by atoms with E-state index in [0.717, 1.165) is 12.1 Å². The lowest BCUT2D eigenvalue weighted by Crippen LogP contribution is -1.98. The summed E-state index contributed by atoms with van der Waals surface area (Å²) in [4.78, 5) is 4.10. The molecule has 1 aromatic heterocycles. The molecular formula is C14H10F2N2O2S. The van der Waals surface area contributed by atoms with Crippen molar-refractivity contribution < 1.29 is 17.4 Å². The number of halogens is 2. The maximum Gasteiger partial charge on any atom is 0.288 e. The molecule has 0 saturated heterocycles. The molecule has 0 amide bonds. The second-order valence-electron chi connectivity index (χ2n) is 4.45. The molecule has 2 N–H and O–H groups in total. The van der Waals surface area contributed by atoms with Crippen LogP contribution in [0.2, 0.25) is 0 Å². The molecule has 4 nitrogen and oxygen atoms in total. The van der Waals surface area contributed by atoms with Gasteiger partial charge in [0.25, 0.3) is 5.22 Å². The molecule has 0 radical (unpaired) electrons. The molecule has 1 heterocycles. The zero-order chi connectivity index (χ0) is 15.0. The Morgan fingerprint density at radius 2 is 1.95 bits per heavy atom. The summed E-state index contributed by atoms with van der Waals surface area (Å²) < 4.78 is 43.5. The van der Waals surface area contributed by atoms with Crippen LogP contribution in [0, 0.1) is 11.6 Å². The van der Waals surface area contributed by atoms with Gasteiger partial charge in [-0.05, 0) is 29.8 Å². The molecule has 7 heteroatoms. The fourth-order valence-corrected chi connectivity index (χ4v) is 2.85. The number of nitrogen functional groups attached to an aromatic ring is 1. The summed E-state index contributed by atoms with van der Waals surface area (Å²) in [5, 5.41) is 0.0281. The summed E-state index contributed by atoms with van der Waals surface area (Å²) in [6.45, 7) is 0. The minimum Gasteiger partial charge on any atom is -0.430 e. The molecule has 21 heavy (non-hydrogen) atoms. The molecule has 0 saturated carbocycles. The highest BCUT2D eigenvalue weighted by Crippen LogP contribution is 2.22. The zero-order valence-electron chi connectivity index (χ0n) is 10.7. The molecule has 0 aliphatic carbocycles. The van der Waals surface area contributed by atoms with Crippen LogP contribution in [0.1, 0.15) is 5.56 Å². The smallest absolute Gasteiger partial charge is 0.288 e. The van der Waals surface area contributed by atoms with Gasteiger partial charge in [-0.15, -0.1) is 0 Å². The van der Waals surface area contributed by atoms with Gasteiger partial charge in [0.2, 0.25) is 0 Å². The lowest BCUT2D eigenvalue weighted by molar-refractivity contribution is 0.477. The maximum absolute atomic E-state index is 13.1. The minimum atomic E-state index is -1.60. The molecule has 1 unspecified atom stereocenters. The Kier molecular flexibility index (Phi) is 3.42. The van der Waals surface area contributed by atoms with Crippen LogP contribution in [0.4, 0.5) is 14.5 Å². The summed E-state index contributed by atoms with van der Waals surface area (Å²) in [5.74, 6) is -1.93. The molecule has 2 aromatic carbocycles. The van der Waals surface area contributed by atoms with Crippen LogP contribution in [0.5, 0.6) is 0 Å². The molecule has 3 rings (SSSR count). The van der Waals surface area contributed by atoms with Crippen LogP contribution in [0.3, 0.4) is 0 Å². The van der Waals surface area contributed by atoms with Gasteiger partial charge in [-0.25, -0.2) is 18.0 Å². The fraction of sp³-hybridized carbons (Fsp3) is 0.0714. The van der Waals surface area contributed by atoms with Crippen LogP contribution < -0.4 is 5.73 Å². The van der Waals surface area contributed by atoms with E-state index in [4.69, 9.17) is 10.2 Å². The summed E-state index contributed by atoms with van der Waals surface area (Å²) >= 11 is 0. The van der Waals surface area contributed by atoms with Crippen LogP contribution >= 0.6 is 0 Å². The average molecular weight is 308 g/mol. The Morgan fingerprint density at radius 3 is 2.71 bits per heavy atom. The topological polar surface area (TPSA) is 69.1 Å². The predicted octanol–water partition coefficient (Wildman–Crippen LogP) is 3.00. The number of benzene rings is 2. The number of rotatable bonds is 3. The van der Waals surface area contributed by atoms with Crippen molar-refractivity contribution in [3.63, 3.8) is 0 Å². The van der Waals surface area contributed by atoms with E-state index in [2.05, 4.69) is 4.98 Å². The second-order valence-corrected chi connectivity index (χ2v) is 5.77. The third-order valence-corrected chi connectivity index (χ3v) is 4.03. The predicted molar refractivity (Wildman–Crippen MR) is 74.9 cm³/mol. The van der Waals surface area contributed by atoms with Gasteiger partial charge in [0.15, 0.2) is 17.2 Å². The molecule has 1 atom stereocenters. The molecule has 0 spiro atoms. The van der Waals surface area contributed by atoms with Crippen molar-refractivity contribution in [2.45, 2.75) is 11.0 Å². The van der Waals surface area contributed by atoms with Gasteiger partial charge in [-0.3, -0.25) is 0 Å². The molecule has 0 fully saturated rings. The summed E-state index contributed by atoms with van der Waals surface area (Å²) in [7, 11) is -1.60. The largest absolute Gasteiger partial charge is 0.430 e. The number of hydrogen-bond acceptors (Lipinski definition) is 4. The van der Waals surface area contributed by atoms with E-state index < -0.39 is 22.4 Å². The molecule has 0 aliphatic rings. The lowest BCUT2D eigenvalue weighted by Gasteiger charge is -2.00. The highest BCUT2D eigenvalue weighted by atomic mass is 32.2. The number of hydrogen-bond donors (Lipinski definition) is 1. The number of fused-ring (bicyclic) bond motifs is 1. The van der Waals surface area contributed by atoms with E-state index in [-0.39, 0.29) is 11.0 Å². The third kappa shape index (κ3) is 2.78. The Hall–Kier alpha value is -2.28.